The molecule has 0 saturated heterocycles. The lowest BCUT2D eigenvalue weighted by atomic mass is 10.0. The number of carbonyl (C=O) groups excluding carboxylic acids is 1. The molecule has 0 aliphatic carbocycles. The van der Waals surface area contributed by atoms with Crippen molar-refractivity contribution in [2.45, 2.75) is 64.9 Å². The van der Waals surface area contributed by atoms with Crippen molar-refractivity contribution in [2.75, 3.05) is 6.54 Å². The number of ether oxygens (including phenoxy) is 1. The molecule has 9 heteroatoms. The zero-order valence-electron chi connectivity index (χ0n) is 20.0. The molecule has 0 atom stereocenters. The van der Waals surface area contributed by atoms with Crippen molar-refractivity contribution >= 4 is 17.0 Å². The van der Waals surface area contributed by atoms with Gasteiger partial charge in [0.25, 0.3) is 5.79 Å². The van der Waals surface area contributed by atoms with Crippen LogP contribution in [0.15, 0.2) is 36.5 Å². The van der Waals surface area contributed by atoms with Crippen molar-refractivity contribution in [3.8, 4) is 0 Å². The second kappa shape index (κ2) is 8.06. The lowest BCUT2D eigenvalue weighted by Crippen LogP contribution is -2.54. The Morgan fingerprint density at radius 2 is 1.76 bits per heavy atom. The van der Waals surface area contributed by atoms with E-state index in [0.717, 1.165) is 10.1 Å². The molecule has 1 aliphatic rings. The predicted octanol–water partition coefficient (Wildman–Crippen LogP) is 2.38. The predicted molar refractivity (Wildman–Crippen MR) is 125 cm³/mol. The van der Waals surface area contributed by atoms with Gasteiger partial charge in [0, 0.05) is 47.1 Å². The maximum Gasteiger partial charge on any atom is 0.410 e. The molecule has 0 unspecified atom stereocenters. The minimum atomic E-state index is -3.13. The molecule has 1 aromatic carbocycles. The monoisotopic (exact) mass is 469 g/mol. The maximum absolute atomic E-state index is 12.7. The smallest absolute Gasteiger partial charge is 0.410 e. The van der Waals surface area contributed by atoms with Crippen LogP contribution in [0.4, 0.5) is 4.79 Å². The number of aryl methyl sites for hydroxylation is 2. The highest BCUT2D eigenvalue weighted by Gasteiger charge is 2.53. The van der Waals surface area contributed by atoms with Gasteiger partial charge in [0.2, 0.25) is 0 Å². The molecule has 182 valence electrons. The van der Waals surface area contributed by atoms with Crippen molar-refractivity contribution in [1.82, 2.24) is 14.5 Å². The van der Waals surface area contributed by atoms with Crippen LogP contribution in [0.5, 0.6) is 0 Å². The van der Waals surface area contributed by atoms with Gasteiger partial charge in [-0.05, 0) is 52.8 Å². The molecule has 4 rings (SSSR count). The molecule has 1 amide bonds. The van der Waals surface area contributed by atoms with E-state index in [0.29, 0.717) is 27.9 Å². The first kappa shape index (κ1) is 24.2. The summed E-state index contributed by atoms with van der Waals surface area (Å²) >= 11 is 0. The summed E-state index contributed by atoms with van der Waals surface area (Å²) in [4.78, 5) is 18.3. The molecular weight excluding hydrogens is 438 g/mol. The Bertz CT molecular complexity index is 1240. The van der Waals surface area contributed by atoms with E-state index in [-0.39, 0.29) is 25.1 Å². The number of hydrogen-bond acceptors (Lipinski definition) is 7. The quantitative estimate of drug-likeness (QED) is 0.434. The minimum Gasteiger partial charge on any atom is -0.444 e. The highest BCUT2D eigenvalue weighted by Crippen LogP contribution is 2.41. The lowest BCUT2D eigenvalue weighted by Gasteiger charge is -2.38. The van der Waals surface area contributed by atoms with Crippen LogP contribution < -0.4 is 0 Å². The number of nitrogens with zero attached hydrogens (tertiary/aromatic N) is 3. The SMILES string of the molecule is Cc1ccc2c(c1)c1c(n2C(O)(O)C(O)(O)c2ccc(C)nc2)CCN(C(=O)OC(C)(C)C)C1. The average Bonchev–Trinajstić information content (AvgIpc) is 3.06. The molecule has 0 saturated carbocycles. The number of fused-ring (bicyclic) bond motifs is 3. The molecule has 0 spiro atoms. The Morgan fingerprint density at radius 3 is 2.38 bits per heavy atom. The Labute approximate surface area is 197 Å². The van der Waals surface area contributed by atoms with E-state index in [1.54, 1.807) is 50.8 Å². The van der Waals surface area contributed by atoms with Gasteiger partial charge in [-0.2, -0.15) is 0 Å². The van der Waals surface area contributed by atoms with E-state index in [9.17, 15) is 25.2 Å². The van der Waals surface area contributed by atoms with Crippen molar-refractivity contribution < 1.29 is 30.0 Å². The molecule has 0 radical (unpaired) electrons. The molecule has 2 aromatic heterocycles. The number of rotatable bonds is 3. The zero-order valence-corrected chi connectivity index (χ0v) is 20.0. The Hall–Kier alpha value is -2.98. The summed E-state index contributed by atoms with van der Waals surface area (Å²) < 4.78 is 6.66. The number of aromatic nitrogens is 2. The van der Waals surface area contributed by atoms with Crippen LogP contribution in [0, 0.1) is 13.8 Å². The van der Waals surface area contributed by atoms with Gasteiger partial charge in [-0.25, -0.2) is 4.79 Å². The van der Waals surface area contributed by atoms with Gasteiger partial charge in [0.1, 0.15) is 5.60 Å². The molecule has 9 nitrogen and oxygen atoms in total. The first-order chi connectivity index (χ1) is 15.7. The second-order valence-electron chi connectivity index (χ2n) is 9.93. The maximum atomic E-state index is 12.7. The summed E-state index contributed by atoms with van der Waals surface area (Å²) in [5, 5.41) is 45.2. The molecule has 34 heavy (non-hydrogen) atoms. The highest BCUT2D eigenvalue weighted by molar-refractivity contribution is 5.87. The first-order valence-electron chi connectivity index (χ1n) is 11.2. The Morgan fingerprint density at radius 1 is 1.06 bits per heavy atom. The topological polar surface area (TPSA) is 128 Å². The third-order valence-corrected chi connectivity index (χ3v) is 6.05. The fourth-order valence-electron chi connectivity index (χ4n) is 4.33. The second-order valence-corrected chi connectivity index (χ2v) is 9.93. The van der Waals surface area contributed by atoms with Crippen LogP contribution in [0.25, 0.3) is 10.9 Å². The summed E-state index contributed by atoms with van der Waals surface area (Å²) in [6, 6.07) is 8.32. The zero-order chi connectivity index (χ0) is 25.1. The van der Waals surface area contributed by atoms with Crippen molar-refractivity contribution in [1.29, 1.82) is 0 Å². The van der Waals surface area contributed by atoms with Crippen molar-refractivity contribution in [2.24, 2.45) is 0 Å². The molecule has 1 aliphatic heterocycles. The van der Waals surface area contributed by atoms with E-state index in [4.69, 9.17) is 4.74 Å². The summed E-state index contributed by atoms with van der Waals surface area (Å²) in [6.45, 7) is 9.48. The standard InChI is InChI=1S/C25H31N3O6/c1-15-6-9-20-18(12-15)19-14-27(22(29)34-23(3,4)5)11-10-21(19)28(20)25(32,33)24(30,31)17-8-7-16(2)26-13-17/h6-9,12-13,30-33H,10-11,14H2,1-5H3. The van der Waals surface area contributed by atoms with E-state index in [1.807, 2.05) is 13.0 Å². The fraction of sp³-hybridized carbons (Fsp3) is 0.440. The summed E-state index contributed by atoms with van der Waals surface area (Å²) in [5.74, 6) is -6.19. The van der Waals surface area contributed by atoms with Crippen LogP contribution in [0.2, 0.25) is 0 Å². The van der Waals surface area contributed by atoms with Gasteiger partial charge in [-0.15, -0.1) is 0 Å². The number of carbonyl (C=O) groups is 1. The van der Waals surface area contributed by atoms with Crippen LogP contribution in [0.3, 0.4) is 0 Å². The lowest BCUT2D eigenvalue weighted by molar-refractivity contribution is -0.409. The van der Waals surface area contributed by atoms with E-state index < -0.39 is 23.4 Å². The van der Waals surface area contributed by atoms with Crippen LogP contribution in [0.1, 0.15) is 48.8 Å². The molecular formula is C25H31N3O6. The third-order valence-electron chi connectivity index (χ3n) is 6.05. The van der Waals surface area contributed by atoms with Gasteiger partial charge in [-0.3, -0.25) is 9.55 Å². The van der Waals surface area contributed by atoms with Gasteiger partial charge < -0.3 is 30.1 Å². The summed E-state index contributed by atoms with van der Waals surface area (Å²) in [6.07, 6.45) is 0.992. The first-order valence-corrected chi connectivity index (χ1v) is 11.2. The van der Waals surface area contributed by atoms with Gasteiger partial charge in [0.05, 0.1) is 12.1 Å². The van der Waals surface area contributed by atoms with Gasteiger partial charge >= 0.3 is 12.0 Å². The number of hydrogen-bond donors (Lipinski definition) is 4. The summed E-state index contributed by atoms with van der Waals surface area (Å²) in [7, 11) is 0. The normalized spacial score (nSPS) is 14.9. The van der Waals surface area contributed by atoms with Gasteiger partial charge in [0.15, 0.2) is 0 Å². The number of amides is 1. The largest absolute Gasteiger partial charge is 0.444 e. The molecule has 0 fully saturated rings. The van der Waals surface area contributed by atoms with E-state index in [2.05, 4.69) is 4.98 Å². The van der Waals surface area contributed by atoms with Gasteiger partial charge in [-0.1, -0.05) is 17.7 Å². The van der Waals surface area contributed by atoms with E-state index in [1.165, 1.54) is 12.3 Å². The van der Waals surface area contributed by atoms with Crippen molar-refractivity contribution in [3.05, 3.63) is 64.6 Å². The molecule has 4 N–H and O–H groups in total. The number of aliphatic hydroxyl groups is 4. The Balaban J connectivity index is 1.84. The highest BCUT2D eigenvalue weighted by atomic mass is 16.6. The molecule has 3 aromatic rings. The van der Waals surface area contributed by atoms with Crippen LogP contribution in [-0.2, 0) is 29.4 Å². The summed E-state index contributed by atoms with van der Waals surface area (Å²) in [5.41, 5.74) is 2.35. The molecule has 3 heterocycles. The fourth-order valence-corrected chi connectivity index (χ4v) is 4.33. The van der Waals surface area contributed by atoms with E-state index >= 15 is 0 Å². The minimum absolute atomic E-state index is 0.169. The van der Waals surface area contributed by atoms with Crippen molar-refractivity contribution in [3.63, 3.8) is 0 Å². The Kier molecular flexibility index (Phi) is 5.72. The van der Waals surface area contributed by atoms with Crippen LogP contribution in [-0.4, -0.2) is 53.1 Å². The third kappa shape index (κ3) is 4.05. The molecule has 0 bridgehead atoms. The number of pyridine rings is 1. The average molecular weight is 470 g/mol. The number of benzene rings is 1. The van der Waals surface area contributed by atoms with Crippen LogP contribution >= 0.6 is 0 Å².